The number of hydrogen-bond acceptors (Lipinski definition) is 6. The van der Waals surface area contributed by atoms with E-state index in [2.05, 4.69) is 4.90 Å². The van der Waals surface area contributed by atoms with Gasteiger partial charge in [-0.25, -0.2) is 4.79 Å². The van der Waals surface area contributed by atoms with E-state index < -0.39 is 12.0 Å². The Labute approximate surface area is 205 Å². The Hall–Kier alpha value is -2.68. The molecule has 1 aliphatic heterocycles. The highest BCUT2D eigenvalue weighted by atomic mass is 35.5. The first kappa shape index (κ1) is 25.9. The summed E-state index contributed by atoms with van der Waals surface area (Å²) >= 11 is 6.00. The van der Waals surface area contributed by atoms with E-state index in [4.69, 9.17) is 21.1 Å². The number of aromatic nitrogens is 1. The van der Waals surface area contributed by atoms with Gasteiger partial charge in [-0.15, -0.1) is 0 Å². The second-order valence-corrected chi connectivity index (χ2v) is 8.92. The summed E-state index contributed by atoms with van der Waals surface area (Å²) in [5.41, 5.74) is 2.44. The lowest BCUT2D eigenvalue weighted by Gasteiger charge is -2.33. The molecule has 1 fully saturated rings. The second kappa shape index (κ2) is 11.2. The lowest BCUT2D eigenvalue weighted by atomic mass is 9.99. The van der Waals surface area contributed by atoms with E-state index in [-0.39, 0.29) is 11.7 Å². The lowest BCUT2D eigenvalue weighted by molar-refractivity contribution is 0.0298. The number of Topliss-reactive ketones (excluding diaryl/α,β-unsaturated/α-hetero) is 1. The zero-order valence-electron chi connectivity index (χ0n) is 20.4. The molecule has 8 nitrogen and oxygen atoms in total. The molecule has 2 heterocycles. The van der Waals surface area contributed by atoms with Crippen molar-refractivity contribution in [1.82, 2.24) is 14.4 Å². The number of nitrogens with zero attached hydrogens (tertiary/aromatic N) is 3. The molecule has 0 radical (unpaired) electrons. The van der Waals surface area contributed by atoms with Crippen LogP contribution >= 0.6 is 11.6 Å². The van der Waals surface area contributed by atoms with Gasteiger partial charge in [0.05, 0.1) is 26.4 Å². The number of rotatable bonds is 8. The van der Waals surface area contributed by atoms with Gasteiger partial charge in [-0.05, 0) is 50.6 Å². The number of carbonyl (C=O) groups is 3. The van der Waals surface area contributed by atoms with Crippen LogP contribution in [0.3, 0.4) is 0 Å². The smallest absolute Gasteiger partial charge is 0.354 e. The molecule has 1 amide bonds. The average Bonchev–Trinajstić information content (AvgIpc) is 3.06. The number of benzene rings is 1. The van der Waals surface area contributed by atoms with E-state index in [9.17, 15) is 14.4 Å². The molecule has 0 bridgehead atoms. The van der Waals surface area contributed by atoms with Crippen molar-refractivity contribution in [3.05, 3.63) is 57.4 Å². The van der Waals surface area contributed by atoms with E-state index in [0.717, 1.165) is 13.1 Å². The Morgan fingerprint density at radius 1 is 1.15 bits per heavy atom. The molecule has 34 heavy (non-hydrogen) atoms. The average molecular weight is 490 g/mol. The molecule has 1 aromatic carbocycles. The normalized spacial score (nSPS) is 15.1. The van der Waals surface area contributed by atoms with Gasteiger partial charge in [0.15, 0.2) is 5.78 Å². The van der Waals surface area contributed by atoms with Gasteiger partial charge in [0.1, 0.15) is 5.69 Å². The largest absolute Gasteiger partial charge is 0.464 e. The summed E-state index contributed by atoms with van der Waals surface area (Å²) in [6, 6.07) is 5.91. The summed E-state index contributed by atoms with van der Waals surface area (Å²) in [6.07, 6.45) is 0. The zero-order chi connectivity index (χ0) is 25.0. The van der Waals surface area contributed by atoms with E-state index in [1.54, 1.807) is 61.6 Å². The molecule has 1 atom stereocenters. The van der Waals surface area contributed by atoms with E-state index >= 15 is 0 Å². The fourth-order valence-corrected chi connectivity index (χ4v) is 4.51. The molecular weight excluding hydrogens is 458 g/mol. The number of ketones is 1. The summed E-state index contributed by atoms with van der Waals surface area (Å²) in [5, 5.41) is 0.534. The number of amides is 1. The number of ether oxygens (including phenoxy) is 2. The van der Waals surface area contributed by atoms with E-state index in [0.29, 0.717) is 59.4 Å². The summed E-state index contributed by atoms with van der Waals surface area (Å²) in [6.45, 7) is 9.13. The number of halogens is 1. The van der Waals surface area contributed by atoms with Gasteiger partial charge in [-0.1, -0.05) is 11.6 Å². The highest BCUT2D eigenvalue weighted by Crippen LogP contribution is 2.25. The Balaban J connectivity index is 1.93. The Bertz CT molecular complexity index is 1060. The van der Waals surface area contributed by atoms with Gasteiger partial charge in [0.25, 0.3) is 5.91 Å². The van der Waals surface area contributed by atoms with Gasteiger partial charge in [-0.2, -0.15) is 0 Å². The Morgan fingerprint density at radius 3 is 2.35 bits per heavy atom. The Morgan fingerprint density at radius 2 is 1.76 bits per heavy atom. The van der Waals surface area contributed by atoms with Crippen molar-refractivity contribution in [3.63, 3.8) is 0 Å². The fourth-order valence-electron chi connectivity index (χ4n) is 4.38. The summed E-state index contributed by atoms with van der Waals surface area (Å²) in [7, 11) is 3.04. The van der Waals surface area contributed by atoms with Gasteiger partial charge in [0, 0.05) is 55.1 Å². The highest BCUT2D eigenvalue weighted by Gasteiger charge is 2.33. The molecule has 1 aliphatic rings. The SMILES string of the molecule is COC(=O)c1c(C)c(C(=O)C(C)N(CCN2CCOCC2)C(=O)c2ccc(Cl)cc2)c(C)n1C. The van der Waals surface area contributed by atoms with Crippen LogP contribution in [0.2, 0.25) is 5.02 Å². The van der Waals surface area contributed by atoms with Crippen LogP contribution in [0.25, 0.3) is 0 Å². The van der Waals surface area contributed by atoms with Crippen LogP contribution in [0, 0.1) is 13.8 Å². The predicted octanol–water partition coefficient (Wildman–Crippen LogP) is 3.13. The van der Waals surface area contributed by atoms with Crippen molar-refractivity contribution in [2.75, 3.05) is 46.5 Å². The minimum Gasteiger partial charge on any atom is -0.464 e. The molecule has 0 N–H and O–H groups in total. The van der Waals surface area contributed by atoms with Crippen LogP contribution in [0.4, 0.5) is 0 Å². The molecule has 0 saturated carbocycles. The third-order valence-electron chi connectivity index (χ3n) is 6.52. The van der Waals surface area contributed by atoms with E-state index in [1.165, 1.54) is 7.11 Å². The molecule has 1 saturated heterocycles. The van der Waals surface area contributed by atoms with Crippen molar-refractivity contribution in [2.24, 2.45) is 7.05 Å². The van der Waals surface area contributed by atoms with Crippen LogP contribution in [-0.4, -0.2) is 84.6 Å². The zero-order valence-corrected chi connectivity index (χ0v) is 21.1. The molecule has 2 aromatic rings. The maximum atomic E-state index is 13.7. The fraction of sp³-hybridized carbons (Fsp3) is 0.480. The van der Waals surface area contributed by atoms with Gasteiger partial charge in [-0.3, -0.25) is 14.5 Å². The molecule has 184 valence electrons. The van der Waals surface area contributed by atoms with Crippen molar-refractivity contribution in [1.29, 1.82) is 0 Å². The third kappa shape index (κ3) is 5.35. The lowest BCUT2D eigenvalue weighted by Crippen LogP contribution is -2.48. The summed E-state index contributed by atoms with van der Waals surface area (Å²) < 4.78 is 12.0. The first-order valence-electron chi connectivity index (χ1n) is 11.3. The van der Waals surface area contributed by atoms with Crippen molar-refractivity contribution < 1.29 is 23.9 Å². The van der Waals surface area contributed by atoms with Crippen LogP contribution in [0.1, 0.15) is 49.4 Å². The molecular formula is C25H32ClN3O5. The second-order valence-electron chi connectivity index (χ2n) is 8.48. The number of hydrogen-bond donors (Lipinski definition) is 0. The minimum atomic E-state index is -0.741. The number of carbonyl (C=O) groups excluding carboxylic acids is 3. The molecule has 1 aromatic heterocycles. The first-order chi connectivity index (χ1) is 16.2. The molecule has 1 unspecified atom stereocenters. The van der Waals surface area contributed by atoms with Gasteiger partial charge >= 0.3 is 5.97 Å². The Kier molecular flexibility index (Phi) is 8.52. The summed E-state index contributed by atoms with van der Waals surface area (Å²) in [4.78, 5) is 43.4. The van der Waals surface area contributed by atoms with Crippen molar-refractivity contribution in [2.45, 2.75) is 26.8 Å². The van der Waals surface area contributed by atoms with Crippen LogP contribution < -0.4 is 0 Å². The molecule has 3 rings (SSSR count). The standard InChI is InChI=1S/C25H32ClN3O5/c1-16-21(17(2)27(4)22(16)25(32)33-5)23(30)18(3)29(11-10-28-12-14-34-15-13-28)24(31)19-6-8-20(26)9-7-19/h6-9,18H,10-15H2,1-5H3. The summed E-state index contributed by atoms with van der Waals surface area (Å²) in [5.74, 6) is -0.966. The predicted molar refractivity (Wildman–Crippen MR) is 130 cm³/mol. The molecule has 0 spiro atoms. The van der Waals surface area contributed by atoms with Crippen molar-refractivity contribution in [3.8, 4) is 0 Å². The van der Waals surface area contributed by atoms with Crippen LogP contribution in [0.15, 0.2) is 24.3 Å². The highest BCUT2D eigenvalue weighted by molar-refractivity contribution is 6.30. The number of morpholine rings is 1. The van der Waals surface area contributed by atoms with Crippen LogP contribution in [-0.2, 0) is 16.5 Å². The molecule has 0 aliphatic carbocycles. The van der Waals surface area contributed by atoms with Crippen molar-refractivity contribution >= 4 is 29.3 Å². The van der Waals surface area contributed by atoms with Gasteiger partial charge < -0.3 is 18.9 Å². The quantitative estimate of drug-likeness (QED) is 0.418. The minimum absolute atomic E-state index is 0.218. The van der Waals surface area contributed by atoms with Crippen LogP contribution in [0.5, 0.6) is 0 Å². The first-order valence-corrected chi connectivity index (χ1v) is 11.7. The maximum absolute atomic E-state index is 13.7. The van der Waals surface area contributed by atoms with Gasteiger partial charge in [0.2, 0.25) is 0 Å². The molecule has 9 heteroatoms. The number of esters is 1. The third-order valence-corrected chi connectivity index (χ3v) is 6.77. The topological polar surface area (TPSA) is 81.1 Å². The maximum Gasteiger partial charge on any atom is 0.354 e. The number of methoxy groups -OCH3 is 1. The monoisotopic (exact) mass is 489 g/mol. The van der Waals surface area contributed by atoms with E-state index in [1.807, 2.05) is 0 Å².